The maximum atomic E-state index is 13.9. The molecule has 0 unspecified atom stereocenters. The third-order valence-electron chi connectivity index (χ3n) is 3.74. The number of amidine groups is 1. The van der Waals surface area contributed by atoms with Crippen LogP contribution in [0.15, 0.2) is 48.0 Å². The third kappa shape index (κ3) is 3.29. The van der Waals surface area contributed by atoms with E-state index in [1.807, 2.05) is 5.38 Å². The van der Waals surface area contributed by atoms with Crippen LogP contribution < -0.4 is 10.6 Å². The number of amides is 1. The lowest BCUT2D eigenvalue weighted by Crippen LogP contribution is -2.38. The second-order valence-corrected chi connectivity index (χ2v) is 5.96. The van der Waals surface area contributed by atoms with Crippen LogP contribution in [-0.4, -0.2) is 16.1 Å². The predicted molar refractivity (Wildman–Crippen MR) is 88.1 cm³/mol. The van der Waals surface area contributed by atoms with Gasteiger partial charge >= 0.3 is 0 Å². The van der Waals surface area contributed by atoms with Crippen molar-refractivity contribution in [2.24, 2.45) is 0 Å². The second kappa shape index (κ2) is 6.29. The number of nitrogens with one attached hydrogen (secondary N) is 3. The van der Waals surface area contributed by atoms with Gasteiger partial charge in [-0.3, -0.25) is 10.2 Å². The average molecular weight is 330 g/mol. The quantitative estimate of drug-likeness (QED) is 0.582. The van der Waals surface area contributed by atoms with Gasteiger partial charge in [0.25, 0.3) is 0 Å². The van der Waals surface area contributed by atoms with E-state index in [1.54, 1.807) is 24.3 Å². The fourth-order valence-corrected chi connectivity index (χ4v) is 2.85. The minimum atomic E-state index is -0.839. The summed E-state index contributed by atoms with van der Waals surface area (Å²) in [5.74, 6) is -0.103. The van der Waals surface area contributed by atoms with Gasteiger partial charge in [0.05, 0.1) is 5.41 Å². The zero-order valence-corrected chi connectivity index (χ0v) is 13.0. The molecule has 3 N–H and O–H groups in total. The molecule has 1 aliphatic carbocycles. The molecular formula is C16H15FN4OS. The molecule has 0 saturated heterocycles. The van der Waals surface area contributed by atoms with Crippen LogP contribution in [0.2, 0.25) is 0 Å². The van der Waals surface area contributed by atoms with Gasteiger partial charge in [-0.2, -0.15) is 4.37 Å². The van der Waals surface area contributed by atoms with Crippen molar-refractivity contribution < 1.29 is 9.18 Å². The molecule has 1 saturated carbocycles. The molecule has 0 atom stereocenters. The van der Waals surface area contributed by atoms with Crippen molar-refractivity contribution in [3.05, 3.63) is 59.4 Å². The summed E-state index contributed by atoms with van der Waals surface area (Å²) in [6.45, 7) is 0. The maximum absolute atomic E-state index is 13.9. The lowest BCUT2D eigenvalue weighted by Gasteiger charge is -2.15. The van der Waals surface area contributed by atoms with Crippen molar-refractivity contribution in [1.29, 1.82) is 5.41 Å². The number of carbonyl (C=O) groups excluding carboxylic acids is 1. The van der Waals surface area contributed by atoms with Crippen LogP contribution in [0.5, 0.6) is 0 Å². The molecule has 5 nitrogen and oxygen atoms in total. The van der Waals surface area contributed by atoms with E-state index < -0.39 is 5.41 Å². The smallest absolute Gasteiger partial charge is 0.236 e. The summed E-state index contributed by atoms with van der Waals surface area (Å²) >= 11 is 1.31. The molecule has 0 bridgehead atoms. The van der Waals surface area contributed by atoms with Crippen molar-refractivity contribution in [1.82, 2.24) is 9.69 Å². The number of anilines is 1. The number of carbonyl (C=O) groups is 1. The monoisotopic (exact) mass is 330 g/mol. The zero-order chi connectivity index (χ0) is 16.3. The number of hydrogen-bond donors (Lipinski definition) is 3. The van der Waals surface area contributed by atoms with Crippen LogP contribution in [0, 0.1) is 11.2 Å². The standard InChI is InChI=1S/C16H15FN4OS/c17-12-4-2-1-3-11(12)16(7-8-16)15(22)20-13(18)5-9-19-14-6-10-23-21-14/h1-6,9-10H,7-8H2,(H,19,21)(H2,18,20,22)/b9-5-. The summed E-state index contributed by atoms with van der Waals surface area (Å²) in [4.78, 5) is 12.4. The van der Waals surface area contributed by atoms with E-state index in [4.69, 9.17) is 5.41 Å². The Kier molecular flexibility index (Phi) is 4.20. The molecular weight excluding hydrogens is 315 g/mol. The summed E-state index contributed by atoms with van der Waals surface area (Å²) in [5, 5.41) is 15.0. The predicted octanol–water partition coefficient (Wildman–Crippen LogP) is 3.03. The first-order chi connectivity index (χ1) is 11.1. The summed E-state index contributed by atoms with van der Waals surface area (Å²) in [6.07, 6.45) is 4.14. The Hall–Kier alpha value is -2.54. The number of aromatic nitrogens is 1. The second-order valence-electron chi connectivity index (χ2n) is 5.29. The average Bonchev–Trinajstić information content (AvgIpc) is 3.18. The molecule has 1 aromatic carbocycles. The molecule has 2 aromatic rings. The van der Waals surface area contributed by atoms with Gasteiger partial charge in [-0.1, -0.05) is 18.2 Å². The van der Waals surface area contributed by atoms with Gasteiger partial charge in [0.15, 0.2) is 0 Å². The SMILES string of the molecule is N=C(/C=C\Nc1ccsn1)NC(=O)C1(c2ccccc2F)CC1. The number of rotatable bonds is 5. The Balaban J connectivity index is 1.62. The summed E-state index contributed by atoms with van der Waals surface area (Å²) < 4.78 is 18.0. The van der Waals surface area contributed by atoms with Crippen LogP contribution in [0.1, 0.15) is 18.4 Å². The Bertz CT molecular complexity index is 753. The Morgan fingerprint density at radius 2 is 2.13 bits per heavy atom. The van der Waals surface area contributed by atoms with Crippen LogP contribution in [-0.2, 0) is 10.2 Å². The Morgan fingerprint density at radius 1 is 1.35 bits per heavy atom. The van der Waals surface area contributed by atoms with Gasteiger partial charge in [-0.25, -0.2) is 4.39 Å². The van der Waals surface area contributed by atoms with Crippen LogP contribution in [0.3, 0.4) is 0 Å². The Morgan fingerprint density at radius 3 is 2.78 bits per heavy atom. The highest BCUT2D eigenvalue weighted by atomic mass is 32.1. The van der Waals surface area contributed by atoms with Gasteiger partial charge < -0.3 is 10.6 Å². The minimum absolute atomic E-state index is 0.0552. The Labute approximate surface area is 136 Å². The minimum Gasteiger partial charge on any atom is -0.346 e. The molecule has 1 aliphatic rings. The fraction of sp³-hybridized carbons (Fsp3) is 0.188. The van der Waals surface area contributed by atoms with E-state index in [0.717, 1.165) is 0 Å². The first-order valence-corrected chi connectivity index (χ1v) is 7.94. The van der Waals surface area contributed by atoms with Crippen molar-refractivity contribution in [2.45, 2.75) is 18.3 Å². The molecule has 0 radical (unpaired) electrons. The normalized spacial score (nSPS) is 15.3. The molecule has 1 heterocycles. The summed E-state index contributed by atoms with van der Waals surface area (Å²) in [5.41, 5.74) is -0.441. The van der Waals surface area contributed by atoms with Crippen LogP contribution in [0.4, 0.5) is 10.2 Å². The van der Waals surface area contributed by atoms with Crippen molar-refractivity contribution >= 4 is 29.1 Å². The molecule has 1 fully saturated rings. The van der Waals surface area contributed by atoms with Crippen molar-refractivity contribution in [3.63, 3.8) is 0 Å². The molecule has 7 heteroatoms. The molecule has 23 heavy (non-hydrogen) atoms. The maximum Gasteiger partial charge on any atom is 0.236 e. The van der Waals surface area contributed by atoms with Gasteiger partial charge in [-0.15, -0.1) is 0 Å². The zero-order valence-electron chi connectivity index (χ0n) is 12.2. The first kappa shape index (κ1) is 15.4. The molecule has 118 valence electrons. The van der Waals surface area contributed by atoms with E-state index in [0.29, 0.717) is 24.2 Å². The van der Waals surface area contributed by atoms with Gasteiger partial charge in [0, 0.05) is 17.1 Å². The molecule has 0 spiro atoms. The topological polar surface area (TPSA) is 77.9 Å². The highest BCUT2D eigenvalue weighted by Crippen LogP contribution is 2.49. The van der Waals surface area contributed by atoms with Crippen molar-refractivity contribution in [3.8, 4) is 0 Å². The highest BCUT2D eigenvalue weighted by molar-refractivity contribution is 7.03. The third-order valence-corrected chi connectivity index (χ3v) is 4.30. The number of hydrogen-bond acceptors (Lipinski definition) is 5. The van der Waals surface area contributed by atoms with E-state index in [-0.39, 0.29) is 17.6 Å². The fourth-order valence-electron chi connectivity index (χ4n) is 2.37. The van der Waals surface area contributed by atoms with Crippen LogP contribution >= 0.6 is 11.5 Å². The van der Waals surface area contributed by atoms with E-state index in [9.17, 15) is 9.18 Å². The van der Waals surface area contributed by atoms with E-state index in [2.05, 4.69) is 15.0 Å². The number of benzene rings is 1. The van der Waals surface area contributed by atoms with Gasteiger partial charge in [0.1, 0.15) is 17.5 Å². The van der Waals surface area contributed by atoms with Gasteiger partial charge in [0.2, 0.25) is 5.91 Å². The largest absolute Gasteiger partial charge is 0.346 e. The van der Waals surface area contributed by atoms with E-state index in [1.165, 1.54) is 29.9 Å². The molecule has 1 aromatic heterocycles. The first-order valence-electron chi connectivity index (χ1n) is 7.10. The summed E-state index contributed by atoms with van der Waals surface area (Å²) in [7, 11) is 0. The molecule has 0 aliphatic heterocycles. The molecule has 3 rings (SSSR count). The lowest BCUT2D eigenvalue weighted by molar-refractivity contribution is -0.122. The van der Waals surface area contributed by atoms with Crippen molar-refractivity contribution in [2.75, 3.05) is 5.32 Å². The van der Waals surface area contributed by atoms with Crippen LogP contribution in [0.25, 0.3) is 0 Å². The lowest BCUT2D eigenvalue weighted by atomic mass is 9.94. The van der Waals surface area contributed by atoms with Gasteiger partial charge in [-0.05, 0) is 42.6 Å². The summed E-state index contributed by atoms with van der Waals surface area (Å²) in [6, 6.07) is 8.10. The molecule has 1 amide bonds. The number of halogens is 1. The highest BCUT2D eigenvalue weighted by Gasteiger charge is 2.52. The number of nitrogens with zero attached hydrogens (tertiary/aromatic N) is 1. The van der Waals surface area contributed by atoms with E-state index >= 15 is 0 Å².